The number of nitrogens with two attached hydrogens (primary N) is 2. The van der Waals surface area contributed by atoms with Gasteiger partial charge in [0.05, 0.1) is 6.21 Å². The molecule has 0 aliphatic heterocycles. The second kappa shape index (κ2) is 7.28. The monoisotopic (exact) mass is 318 g/mol. The van der Waals surface area contributed by atoms with Crippen molar-refractivity contribution in [3.05, 3.63) is 77.9 Å². The van der Waals surface area contributed by atoms with E-state index in [0.29, 0.717) is 6.61 Å². The van der Waals surface area contributed by atoms with Gasteiger partial charge in [-0.1, -0.05) is 42.5 Å². The third-order valence-electron chi connectivity index (χ3n) is 3.53. The van der Waals surface area contributed by atoms with Crippen molar-refractivity contribution in [2.24, 2.45) is 21.7 Å². The molecule has 0 aliphatic carbocycles. The number of hydrogen-bond donors (Lipinski definition) is 2. The summed E-state index contributed by atoms with van der Waals surface area (Å²) >= 11 is 0. The van der Waals surface area contributed by atoms with Crippen molar-refractivity contribution in [3.8, 4) is 5.75 Å². The van der Waals surface area contributed by atoms with Crippen LogP contribution < -0.4 is 16.2 Å². The van der Waals surface area contributed by atoms with Crippen LogP contribution in [0.5, 0.6) is 5.75 Å². The standard InChI is InChI=1S/C19H18N4O/c20-19(21)23-22-12-14-8-10-17(11-9-14)24-13-16-6-3-5-15-4-1-2-7-18(15)16/h1-12H,13H2,(H4,20,21,23)/b22-12+. The van der Waals surface area contributed by atoms with E-state index in [2.05, 4.69) is 34.5 Å². The van der Waals surface area contributed by atoms with Crippen LogP contribution in [0.15, 0.2) is 76.9 Å². The van der Waals surface area contributed by atoms with E-state index in [1.165, 1.54) is 10.8 Å². The summed E-state index contributed by atoms with van der Waals surface area (Å²) in [6, 6.07) is 22.1. The summed E-state index contributed by atoms with van der Waals surface area (Å²) in [6.45, 7) is 0.517. The van der Waals surface area contributed by atoms with Gasteiger partial charge in [0.25, 0.3) is 0 Å². The molecule has 5 nitrogen and oxygen atoms in total. The third kappa shape index (κ3) is 3.89. The maximum absolute atomic E-state index is 5.89. The fourth-order valence-electron chi connectivity index (χ4n) is 2.39. The van der Waals surface area contributed by atoms with Gasteiger partial charge >= 0.3 is 0 Å². The van der Waals surface area contributed by atoms with Gasteiger partial charge in [-0.15, -0.1) is 5.10 Å². The minimum atomic E-state index is -0.0682. The van der Waals surface area contributed by atoms with E-state index >= 15 is 0 Å². The topological polar surface area (TPSA) is 86.0 Å². The Morgan fingerprint density at radius 3 is 2.46 bits per heavy atom. The van der Waals surface area contributed by atoms with Crippen LogP contribution in [0.25, 0.3) is 10.8 Å². The normalized spacial score (nSPS) is 10.8. The van der Waals surface area contributed by atoms with Crippen LogP contribution >= 0.6 is 0 Å². The number of benzene rings is 3. The molecule has 0 aromatic heterocycles. The van der Waals surface area contributed by atoms with Gasteiger partial charge < -0.3 is 16.2 Å². The van der Waals surface area contributed by atoms with E-state index in [1.807, 2.05) is 42.5 Å². The molecule has 0 spiro atoms. The molecule has 3 rings (SSSR count). The smallest absolute Gasteiger partial charge is 0.211 e. The molecule has 0 atom stereocenters. The van der Waals surface area contributed by atoms with E-state index in [4.69, 9.17) is 16.2 Å². The number of ether oxygens (including phenoxy) is 1. The Morgan fingerprint density at radius 1 is 0.917 bits per heavy atom. The Bertz CT molecular complexity index is 876. The first-order valence-corrected chi connectivity index (χ1v) is 7.54. The first kappa shape index (κ1) is 15.6. The molecule has 3 aromatic rings. The van der Waals surface area contributed by atoms with Gasteiger partial charge in [0, 0.05) is 0 Å². The summed E-state index contributed by atoms with van der Waals surface area (Å²) in [4.78, 5) is 0. The lowest BCUT2D eigenvalue weighted by Gasteiger charge is -2.09. The molecule has 0 unspecified atom stereocenters. The highest BCUT2D eigenvalue weighted by atomic mass is 16.5. The summed E-state index contributed by atoms with van der Waals surface area (Å²) in [7, 11) is 0. The highest BCUT2D eigenvalue weighted by molar-refractivity contribution is 5.85. The van der Waals surface area contributed by atoms with Crippen molar-refractivity contribution in [1.82, 2.24) is 0 Å². The molecule has 5 heteroatoms. The van der Waals surface area contributed by atoms with Crippen molar-refractivity contribution in [3.63, 3.8) is 0 Å². The van der Waals surface area contributed by atoms with Crippen LogP contribution in [-0.2, 0) is 6.61 Å². The molecule has 0 saturated carbocycles. The first-order chi connectivity index (χ1) is 11.7. The maximum atomic E-state index is 5.89. The fourth-order valence-corrected chi connectivity index (χ4v) is 2.39. The largest absolute Gasteiger partial charge is 0.489 e. The van der Waals surface area contributed by atoms with Crippen molar-refractivity contribution in [2.45, 2.75) is 6.61 Å². The average Bonchev–Trinajstić information content (AvgIpc) is 2.61. The molecular formula is C19H18N4O. The van der Waals surface area contributed by atoms with Gasteiger partial charge in [-0.3, -0.25) is 0 Å². The summed E-state index contributed by atoms with van der Waals surface area (Å²) in [5.41, 5.74) is 12.5. The molecule has 3 aromatic carbocycles. The van der Waals surface area contributed by atoms with Crippen molar-refractivity contribution < 1.29 is 4.74 Å². The predicted octanol–water partition coefficient (Wildman–Crippen LogP) is 3.03. The summed E-state index contributed by atoms with van der Waals surface area (Å²) in [6.07, 6.45) is 1.58. The van der Waals surface area contributed by atoms with Gasteiger partial charge in [0.1, 0.15) is 12.4 Å². The SMILES string of the molecule is NC(N)=N/N=C/c1ccc(OCc2cccc3ccccc23)cc1. The van der Waals surface area contributed by atoms with Crippen LogP contribution in [0.1, 0.15) is 11.1 Å². The molecule has 0 heterocycles. The summed E-state index contributed by atoms with van der Waals surface area (Å²) in [5, 5.41) is 9.75. The number of nitrogens with zero attached hydrogens (tertiary/aromatic N) is 2. The van der Waals surface area contributed by atoms with E-state index < -0.39 is 0 Å². The molecule has 0 fully saturated rings. The molecular weight excluding hydrogens is 300 g/mol. The molecule has 0 amide bonds. The Hall–Kier alpha value is -3.34. The Balaban J connectivity index is 1.68. The van der Waals surface area contributed by atoms with Crippen LogP contribution in [0.4, 0.5) is 0 Å². The lowest BCUT2D eigenvalue weighted by Crippen LogP contribution is -2.21. The number of hydrogen-bond acceptors (Lipinski definition) is 3. The van der Waals surface area contributed by atoms with Crippen molar-refractivity contribution >= 4 is 22.9 Å². The van der Waals surface area contributed by atoms with Gasteiger partial charge in [0.15, 0.2) is 0 Å². The molecule has 0 aliphatic rings. The molecule has 0 bridgehead atoms. The zero-order valence-electron chi connectivity index (χ0n) is 13.1. The van der Waals surface area contributed by atoms with Gasteiger partial charge in [0.2, 0.25) is 5.96 Å². The predicted molar refractivity (Wildman–Crippen MR) is 98.1 cm³/mol. The van der Waals surface area contributed by atoms with Crippen LogP contribution in [0.2, 0.25) is 0 Å². The fraction of sp³-hybridized carbons (Fsp3) is 0.0526. The number of fused-ring (bicyclic) bond motifs is 1. The molecule has 4 N–H and O–H groups in total. The van der Waals surface area contributed by atoms with E-state index in [1.54, 1.807) is 6.21 Å². The van der Waals surface area contributed by atoms with Crippen molar-refractivity contribution in [1.29, 1.82) is 0 Å². The molecule has 120 valence electrons. The summed E-state index contributed by atoms with van der Waals surface area (Å²) < 4.78 is 5.89. The number of rotatable bonds is 5. The highest BCUT2D eigenvalue weighted by Crippen LogP contribution is 2.20. The zero-order valence-corrected chi connectivity index (χ0v) is 13.1. The van der Waals surface area contributed by atoms with Crippen LogP contribution in [0.3, 0.4) is 0 Å². The first-order valence-electron chi connectivity index (χ1n) is 7.54. The van der Waals surface area contributed by atoms with Gasteiger partial charge in [-0.05, 0) is 46.2 Å². The van der Waals surface area contributed by atoms with E-state index in [-0.39, 0.29) is 5.96 Å². The van der Waals surface area contributed by atoms with Gasteiger partial charge in [-0.2, -0.15) is 5.10 Å². The second-order valence-corrected chi connectivity index (χ2v) is 5.27. The lowest BCUT2D eigenvalue weighted by atomic mass is 10.1. The number of guanidine groups is 1. The second-order valence-electron chi connectivity index (χ2n) is 5.27. The lowest BCUT2D eigenvalue weighted by molar-refractivity contribution is 0.307. The average molecular weight is 318 g/mol. The van der Waals surface area contributed by atoms with Gasteiger partial charge in [-0.25, -0.2) is 0 Å². The maximum Gasteiger partial charge on any atom is 0.211 e. The molecule has 24 heavy (non-hydrogen) atoms. The van der Waals surface area contributed by atoms with Crippen LogP contribution in [0, 0.1) is 0 Å². The Morgan fingerprint density at radius 2 is 1.67 bits per heavy atom. The van der Waals surface area contributed by atoms with E-state index in [9.17, 15) is 0 Å². The Kier molecular flexibility index (Phi) is 4.72. The molecule has 0 saturated heterocycles. The minimum absolute atomic E-state index is 0.0682. The van der Waals surface area contributed by atoms with E-state index in [0.717, 1.165) is 16.9 Å². The highest BCUT2D eigenvalue weighted by Gasteiger charge is 2.01. The van der Waals surface area contributed by atoms with Crippen LogP contribution in [-0.4, -0.2) is 12.2 Å². The third-order valence-corrected chi connectivity index (χ3v) is 3.53. The quantitative estimate of drug-likeness (QED) is 0.431. The zero-order chi connectivity index (χ0) is 16.8. The summed E-state index contributed by atoms with van der Waals surface area (Å²) in [5.74, 6) is 0.725. The Labute approximate surface area is 140 Å². The minimum Gasteiger partial charge on any atom is -0.489 e. The van der Waals surface area contributed by atoms with Crippen molar-refractivity contribution in [2.75, 3.05) is 0 Å². The molecule has 0 radical (unpaired) electrons.